The summed E-state index contributed by atoms with van der Waals surface area (Å²) in [6.45, 7) is 5.23. The van der Waals surface area contributed by atoms with E-state index in [1.165, 1.54) is 11.3 Å². The van der Waals surface area contributed by atoms with Gasteiger partial charge in [-0.15, -0.1) is 11.3 Å². The molecule has 0 bridgehead atoms. The molecule has 1 saturated heterocycles. The van der Waals surface area contributed by atoms with Crippen LogP contribution in [0.25, 0.3) is 0 Å². The fraction of sp³-hybridized carbons (Fsp3) is 0.667. The second-order valence-corrected chi connectivity index (χ2v) is 5.21. The molecule has 0 amide bonds. The predicted octanol–water partition coefficient (Wildman–Crippen LogP) is 0.906. The van der Waals surface area contributed by atoms with Gasteiger partial charge < -0.3 is 19.5 Å². The van der Waals surface area contributed by atoms with Crippen LogP contribution in [0.3, 0.4) is 0 Å². The van der Waals surface area contributed by atoms with E-state index in [0.29, 0.717) is 25.5 Å². The summed E-state index contributed by atoms with van der Waals surface area (Å²) < 4.78 is 10.4. The van der Waals surface area contributed by atoms with E-state index in [0.717, 1.165) is 5.13 Å². The second-order valence-electron chi connectivity index (χ2n) is 4.38. The van der Waals surface area contributed by atoms with E-state index < -0.39 is 5.97 Å². The maximum Gasteiger partial charge on any atom is 0.357 e. The lowest BCUT2D eigenvalue weighted by molar-refractivity contribution is -0.0103. The van der Waals surface area contributed by atoms with Gasteiger partial charge in [-0.3, -0.25) is 0 Å². The van der Waals surface area contributed by atoms with Gasteiger partial charge in [0, 0.05) is 11.9 Å². The Hall–Kier alpha value is -1.18. The van der Waals surface area contributed by atoms with Crippen LogP contribution in [0.4, 0.5) is 5.13 Å². The number of carbonyl (C=O) groups excluding carboxylic acids is 1. The third-order valence-electron chi connectivity index (χ3n) is 2.93. The Morgan fingerprint density at radius 2 is 2.53 bits per heavy atom. The van der Waals surface area contributed by atoms with Crippen LogP contribution < -0.4 is 4.90 Å². The molecule has 2 rings (SSSR count). The summed E-state index contributed by atoms with van der Waals surface area (Å²) in [7, 11) is 0. The molecule has 19 heavy (non-hydrogen) atoms. The third kappa shape index (κ3) is 3.23. The number of nitrogens with zero attached hydrogens (tertiary/aromatic N) is 2. The number of rotatable bonds is 4. The van der Waals surface area contributed by atoms with Gasteiger partial charge in [-0.25, -0.2) is 9.78 Å². The van der Waals surface area contributed by atoms with Crippen LogP contribution in [0.1, 0.15) is 24.3 Å². The van der Waals surface area contributed by atoms with E-state index in [1.807, 2.05) is 6.92 Å². The standard InChI is InChI=1S/C12H18N2O4S/c1-3-17-11(16)10-7-19-12(13-10)14-4-9(5-15)18-6-8(14)2/h7-9,15H,3-6H2,1-2H3. The highest BCUT2D eigenvalue weighted by molar-refractivity contribution is 7.13. The number of anilines is 1. The molecular weight excluding hydrogens is 268 g/mol. The molecule has 1 aromatic rings. The molecule has 1 aromatic heterocycles. The maximum atomic E-state index is 11.6. The van der Waals surface area contributed by atoms with Crippen molar-refractivity contribution < 1.29 is 19.4 Å². The van der Waals surface area contributed by atoms with Crippen LogP contribution in [0.5, 0.6) is 0 Å². The SMILES string of the molecule is CCOC(=O)c1csc(N2CC(CO)OCC2C)n1. The average molecular weight is 286 g/mol. The zero-order chi connectivity index (χ0) is 13.8. The zero-order valence-corrected chi connectivity index (χ0v) is 11.9. The van der Waals surface area contributed by atoms with Gasteiger partial charge in [0.2, 0.25) is 0 Å². The Balaban J connectivity index is 2.10. The van der Waals surface area contributed by atoms with Crippen molar-refractivity contribution in [2.75, 3.05) is 31.3 Å². The van der Waals surface area contributed by atoms with Crippen LogP contribution in [-0.4, -0.2) is 54.6 Å². The van der Waals surface area contributed by atoms with Gasteiger partial charge in [0.25, 0.3) is 0 Å². The Bertz CT molecular complexity index is 437. The Morgan fingerprint density at radius 3 is 3.21 bits per heavy atom. The first-order valence-electron chi connectivity index (χ1n) is 6.27. The molecule has 2 atom stereocenters. The number of hydrogen-bond donors (Lipinski definition) is 1. The normalized spacial score (nSPS) is 23.4. The number of morpholine rings is 1. The topological polar surface area (TPSA) is 71.9 Å². The molecule has 2 heterocycles. The second kappa shape index (κ2) is 6.31. The first-order chi connectivity index (χ1) is 9.15. The number of aliphatic hydroxyl groups excluding tert-OH is 1. The van der Waals surface area contributed by atoms with Gasteiger partial charge in [-0.1, -0.05) is 0 Å². The van der Waals surface area contributed by atoms with Crippen molar-refractivity contribution >= 4 is 22.4 Å². The number of aliphatic hydroxyl groups is 1. The highest BCUT2D eigenvalue weighted by Crippen LogP contribution is 2.26. The van der Waals surface area contributed by atoms with E-state index in [2.05, 4.69) is 9.88 Å². The van der Waals surface area contributed by atoms with Gasteiger partial charge in [-0.05, 0) is 13.8 Å². The lowest BCUT2D eigenvalue weighted by Crippen LogP contribution is -2.49. The Labute approximate surface area is 116 Å². The first-order valence-corrected chi connectivity index (χ1v) is 7.15. The van der Waals surface area contributed by atoms with Gasteiger partial charge in [-0.2, -0.15) is 0 Å². The summed E-state index contributed by atoms with van der Waals surface area (Å²) in [5.41, 5.74) is 0.334. The quantitative estimate of drug-likeness (QED) is 0.829. The molecule has 0 radical (unpaired) electrons. The highest BCUT2D eigenvalue weighted by Gasteiger charge is 2.28. The lowest BCUT2D eigenvalue weighted by Gasteiger charge is -2.37. The van der Waals surface area contributed by atoms with E-state index in [1.54, 1.807) is 12.3 Å². The summed E-state index contributed by atoms with van der Waals surface area (Å²) in [6.07, 6.45) is -0.203. The molecule has 0 aliphatic carbocycles. The van der Waals surface area contributed by atoms with Gasteiger partial charge >= 0.3 is 5.97 Å². The number of aromatic nitrogens is 1. The van der Waals surface area contributed by atoms with Crippen LogP contribution in [0.15, 0.2) is 5.38 Å². The smallest absolute Gasteiger partial charge is 0.357 e. The minimum Gasteiger partial charge on any atom is -0.461 e. The largest absolute Gasteiger partial charge is 0.461 e. The molecule has 1 N–H and O–H groups in total. The minimum atomic E-state index is -0.398. The summed E-state index contributed by atoms with van der Waals surface area (Å²) in [6, 6.07) is 0.170. The number of hydrogen-bond acceptors (Lipinski definition) is 7. The summed E-state index contributed by atoms with van der Waals surface area (Å²) in [5.74, 6) is -0.398. The molecule has 1 aliphatic rings. The van der Waals surface area contributed by atoms with E-state index in [4.69, 9.17) is 14.6 Å². The van der Waals surface area contributed by atoms with Crippen LogP contribution in [0.2, 0.25) is 0 Å². The van der Waals surface area contributed by atoms with Crippen molar-refractivity contribution in [2.45, 2.75) is 26.0 Å². The van der Waals surface area contributed by atoms with Crippen molar-refractivity contribution in [2.24, 2.45) is 0 Å². The van der Waals surface area contributed by atoms with Crippen molar-refractivity contribution in [1.29, 1.82) is 0 Å². The average Bonchev–Trinajstić information content (AvgIpc) is 2.89. The molecule has 0 aromatic carbocycles. The monoisotopic (exact) mass is 286 g/mol. The van der Waals surface area contributed by atoms with Crippen LogP contribution in [0, 0.1) is 0 Å². The van der Waals surface area contributed by atoms with Crippen molar-refractivity contribution in [3.8, 4) is 0 Å². The van der Waals surface area contributed by atoms with Crippen LogP contribution in [-0.2, 0) is 9.47 Å². The molecule has 1 aliphatic heterocycles. The minimum absolute atomic E-state index is 0.0146. The third-order valence-corrected chi connectivity index (χ3v) is 3.81. The lowest BCUT2D eigenvalue weighted by atomic mass is 10.2. The maximum absolute atomic E-state index is 11.6. The summed E-state index contributed by atoms with van der Waals surface area (Å²) >= 11 is 1.40. The van der Waals surface area contributed by atoms with Gasteiger partial charge in [0.1, 0.15) is 0 Å². The predicted molar refractivity (Wildman–Crippen MR) is 71.7 cm³/mol. The molecule has 2 unspecified atom stereocenters. The molecule has 106 valence electrons. The number of thiazole rings is 1. The van der Waals surface area contributed by atoms with Crippen LogP contribution >= 0.6 is 11.3 Å². The molecular formula is C12H18N2O4S. The zero-order valence-electron chi connectivity index (χ0n) is 11.0. The molecule has 6 nitrogen and oxygen atoms in total. The fourth-order valence-corrected chi connectivity index (χ4v) is 2.80. The molecule has 0 spiro atoms. The molecule has 0 saturated carbocycles. The highest BCUT2D eigenvalue weighted by atomic mass is 32.1. The van der Waals surface area contributed by atoms with E-state index in [-0.39, 0.29) is 18.8 Å². The van der Waals surface area contributed by atoms with Crippen molar-refractivity contribution in [1.82, 2.24) is 4.98 Å². The molecule has 1 fully saturated rings. The van der Waals surface area contributed by atoms with E-state index in [9.17, 15) is 4.79 Å². The summed E-state index contributed by atoms with van der Waals surface area (Å²) in [4.78, 5) is 17.9. The number of ether oxygens (including phenoxy) is 2. The number of carbonyl (C=O) groups is 1. The van der Waals surface area contributed by atoms with E-state index >= 15 is 0 Å². The first kappa shape index (κ1) is 14.2. The van der Waals surface area contributed by atoms with Gasteiger partial charge in [0.05, 0.1) is 32.0 Å². The molecule has 7 heteroatoms. The van der Waals surface area contributed by atoms with Crippen molar-refractivity contribution in [3.63, 3.8) is 0 Å². The fourth-order valence-electron chi connectivity index (χ4n) is 1.89. The number of esters is 1. The Kier molecular flexibility index (Phi) is 4.73. The Morgan fingerprint density at radius 1 is 1.74 bits per heavy atom. The summed E-state index contributed by atoms with van der Waals surface area (Å²) in [5, 5.41) is 11.6. The van der Waals surface area contributed by atoms with Crippen molar-refractivity contribution in [3.05, 3.63) is 11.1 Å². The van der Waals surface area contributed by atoms with Gasteiger partial charge in [0.15, 0.2) is 10.8 Å².